The third-order valence-corrected chi connectivity index (χ3v) is 5.57. The number of carbonyl (C=O) groups excluding carboxylic acids is 1. The van der Waals surface area contributed by atoms with Gasteiger partial charge in [0.15, 0.2) is 23.1 Å². The molecule has 3 heterocycles. The van der Waals surface area contributed by atoms with Gasteiger partial charge >= 0.3 is 0 Å². The quantitative estimate of drug-likeness (QED) is 0.433. The highest BCUT2D eigenvalue weighted by molar-refractivity contribution is 7.98. The van der Waals surface area contributed by atoms with Crippen LogP contribution in [-0.2, 0) is 6.54 Å². The Morgan fingerprint density at radius 1 is 1.17 bits per heavy atom. The fourth-order valence-electron chi connectivity index (χ4n) is 3.41. The summed E-state index contributed by atoms with van der Waals surface area (Å²) < 4.78 is 16.9. The summed E-state index contributed by atoms with van der Waals surface area (Å²) in [5.74, 6) is 2.37. The van der Waals surface area contributed by atoms with E-state index in [1.165, 1.54) is 11.8 Å². The number of thioether (sulfide) groups is 1. The molecule has 1 aromatic carbocycles. The number of para-hydroxylation sites is 1. The molecule has 1 aliphatic rings. The molecule has 0 unspecified atom stereocenters. The fraction of sp³-hybridized carbons (Fsp3) is 0.318. The van der Waals surface area contributed by atoms with Crippen LogP contribution in [0, 0.1) is 6.92 Å². The number of furan rings is 1. The van der Waals surface area contributed by atoms with Gasteiger partial charge in [-0.05, 0) is 38.3 Å². The van der Waals surface area contributed by atoms with E-state index in [9.17, 15) is 4.79 Å². The van der Waals surface area contributed by atoms with E-state index in [1.54, 1.807) is 23.3 Å². The van der Waals surface area contributed by atoms with Crippen LogP contribution < -0.4 is 9.47 Å². The molecule has 4 rings (SSSR count). The number of aryl methyl sites for hydroxylation is 1. The molecule has 8 heteroatoms. The van der Waals surface area contributed by atoms with Crippen LogP contribution in [0.4, 0.5) is 0 Å². The zero-order valence-corrected chi connectivity index (χ0v) is 18.0. The minimum absolute atomic E-state index is 0.111. The van der Waals surface area contributed by atoms with Gasteiger partial charge in [-0.1, -0.05) is 12.1 Å². The molecule has 2 aromatic heterocycles. The number of aromatic nitrogens is 2. The highest BCUT2D eigenvalue weighted by Gasteiger charge is 2.25. The van der Waals surface area contributed by atoms with Gasteiger partial charge < -0.3 is 18.8 Å². The summed E-state index contributed by atoms with van der Waals surface area (Å²) in [4.78, 5) is 24.4. The predicted molar refractivity (Wildman–Crippen MR) is 114 cm³/mol. The highest BCUT2D eigenvalue weighted by Crippen LogP contribution is 2.35. The maximum absolute atomic E-state index is 13.5. The first-order chi connectivity index (χ1) is 14.6. The number of carbonyl (C=O) groups is 1. The summed E-state index contributed by atoms with van der Waals surface area (Å²) in [5, 5.41) is 0.632. The minimum Gasteiger partial charge on any atom is -0.486 e. The van der Waals surface area contributed by atoms with E-state index < -0.39 is 0 Å². The van der Waals surface area contributed by atoms with Gasteiger partial charge in [0.05, 0.1) is 17.5 Å². The summed E-state index contributed by atoms with van der Waals surface area (Å²) in [6.07, 6.45) is 3.48. The van der Waals surface area contributed by atoms with Crippen LogP contribution in [0.5, 0.6) is 11.5 Å². The standard InChI is InChI=1S/C22H23N3O4S/c1-4-25(13-15-7-5-8-16-19(15)29-12-11-28-16)22(26)18-14(2)23-20(24-21(18)30-3)17-9-6-10-27-17/h5-10H,4,11-13H2,1-3H3. The number of nitrogens with zero attached hydrogens (tertiary/aromatic N) is 3. The molecule has 0 spiro atoms. The van der Waals surface area contributed by atoms with Crippen molar-refractivity contribution in [1.82, 2.24) is 14.9 Å². The van der Waals surface area contributed by atoms with Crippen molar-refractivity contribution in [3.05, 3.63) is 53.4 Å². The predicted octanol–water partition coefficient (Wildman–Crippen LogP) is 4.20. The lowest BCUT2D eigenvalue weighted by Gasteiger charge is -2.26. The number of hydrogen-bond acceptors (Lipinski definition) is 7. The molecule has 0 radical (unpaired) electrons. The van der Waals surface area contributed by atoms with Crippen molar-refractivity contribution in [2.75, 3.05) is 26.0 Å². The van der Waals surface area contributed by atoms with Gasteiger partial charge in [0.2, 0.25) is 0 Å². The van der Waals surface area contributed by atoms with Crippen molar-refractivity contribution in [2.24, 2.45) is 0 Å². The normalized spacial score (nSPS) is 12.6. The Morgan fingerprint density at radius 2 is 2.00 bits per heavy atom. The summed E-state index contributed by atoms with van der Waals surface area (Å²) >= 11 is 1.42. The first kappa shape index (κ1) is 20.3. The largest absolute Gasteiger partial charge is 0.486 e. The van der Waals surface area contributed by atoms with Gasteiger partial charge in [0, 0.05) is 18.7 Å². The van der Waals surface area contributed by atoms with Crippen molar-refractivity contribution in [3.63, 3.8) is 0 Å². The third kappa shape index (κ3) is 3.87. The minimum atomic E-state index is -0.111. The molecular formula is C22H23N3O4S. The Balaban J connectivity index is 1.66. The number of rotatable bonds is 6. The molecule has 1 aliphatic heterocycles. The molecule has 0 fully saturated rings. The second kappa shape index (κ2) is 8.79. The molecule has 0 bridgehead atoms. The molecule has 0 saturated heterocycles. The lowest BCUT2D eigenvalue weighted by Crippen LogP contribution is -2.32. The smallest absolute Gasteiger partial charge is 0.258 e. The molecule has 30 heavy (non-hydrogen) atoms. The highest BCUT2D eigenvalue weighted by atomic mass is 32.2. The molecule has 7 nitrogen and oxygen atoms in total. The van der Waals surface area contributed by atoms with Crippen LogP contribution >= 0.6 is 11.8 Å². The van der Waals surface area contributed by atoms with Crippen molar-refractivity contribution in [3.8, 4) is 23.1 Å². The van der Waals surface area contributed by atoms with Crippen LogP contribution in [-0.4, -0.2) is 46.8 Å². The summed E-state index contributed by atoms with van der Waals surface area (Å²) in [6, 6.07) is 9.35. The lowest BCUT2D eigenvalue weighted by molar-refractivity contribution is 0.0743. The topological polar surface area (TPSA) is 77.7 Å². The van der Waals surface area contributed by atoms with Crippen LogP contribution in [0.3, 0.4) is 0 Å². The van der Waals surface area contributed by atoms with E-state index in [1.807, 2.05) is 38.3 Å². The number of amides is 1. The molecular weight excluding hydrogens is 402 g/mol. The van der Waals surface area contributed by atoms with E-state index in [0.717, 1.165) is 11.3 Å². The van der Waals surface area contributed by atoms with Crippen LogP contribution in [0.25, 0.3) is 11.6 Å². The number of benzene rings is 1. The number of ether oxygens (including phenoxy) is 2. The zero-order chi connectivity index (χ0) is 21.1. The molecule has 0 aliphatic carbocycles. The number of hydrogen-bond donors (Lipinski definition) is 0. The molecule has 0 atom stereocenters. The van der Waals surface area contributed by atoms with Gasteiger partial charge in [0.25, 0.3) is 5.91 Å². The maximum atomic E-state index is 13.5. The zero-order valence-electron chi connectivity index (χ0n) is 17.2. The van der Waals surface area contributed by atoms with Gasteiger partial charge in [0.1, 0.15) is 18.2 Å². The number of fused-ring (bicyclic) bond motifs is 1. The first-order valence-corrected chi connectivity index (χ1v) is 11.0. The second-order valence-electron chi connectivity index (χ2n) is 6.75. The monoisotopic (exact) mass is 425 g/mol. The molecule has 3 aromatic rings. The van der Waals surface area contributed by atoms with E-state index >= 15 is 0 Å². The average Bonchev–Trinajstić information content (AvgIpc) is 3.31. The van der Waals surface area contributed by atoms with E-state index in [4.69, 9.17) is 13.9 Å². The van der Waals surface area contributed by atoms with Crippen LogP contribution in [0.15, 0.2) is 46.0 Å². The molecule has 1 amide bonds. The van der Waals surface area contributed by atoms with Crippen LogP contribution in [0.2, 0.25) is 0 Å². The van der Waals surface area contributed by atoms with Crippen molar-refractivity contribution in [1.29, 1.82) is 0 Å². The second-order valence-corrected chi connectivity index (χ2v) is 7.55. The first-order valence-electron chi connectivity index (χ1n) is 9.75. The Hall–Kier alpha value is -3.00. The SMILES string of the molecule is CCN(Cc1cccc2c1OCCO2)C(=O)c1c(C)nc(-c2ccco2)nc1SC. The van der Waals surface area contributed by atoms with Gasteiger partial charge in [-0.15, -0.1) is 11.8 Å². The molecule has 156 valence electrons. The Labute approximate surface area is 179 Å². The van der Waals surface area contributed by atoms with Gasteiger partial charge in [-0.25, -0.2) is 9.97 Å². The third-order valence-electron chi connectivity index (χ3n) is 4.88. The van der Waals surface area contributed by atoms with Crippen molar-refractivity contribution < 1.29 is 18.7 Å². The van der Waals surface area contributed by atoms with Gasteiger partial charge in [-0.2, -0.15) is 0 Å². The molecule has 0 saturated carbocycles. The Kier molecular flexibility index (Phi) is 5.94. The lowest BCUT2D eigenvalue weighted by atomic mass is 10.1. The summed E-state index contributed by atoms with van der Waals surface area (Å²) in [7, 11) is 0. The summed E-state index contributed by atoms with van der Waals surface area (Å²) in [6.45, 7) is 5.77. The van der Waals surface area contributed by atoms with E-state index in [0.29, 0.717) is 59.9 Å². The van der Waals surface area contributed by atoms with E-state index in [2.05, 4.69) is 9.97 Å². The Bertz CT molecular complexity index is 1050. The Morgan fingerprint density at radius 3 is 2.73 bits per heavy atom. The fourth-order valence-corrected chi connectivity index (χ4v) is 4.02. The van der Waals surface area contributed by atoms with Crippen LogP contribution in [0.1, 0.15) is 28.5 Å². The molecule has 0 N–H and O–H groups in total. The maximum Gasteiger partial charge on any atom is 0.258 e. The average molecular weight is 426 g/mol. The van der Waals surface area contributed by atoms with Crippen molar-refractivity contribution in [2.45, 2.75) is 25.4 Å². The summed E-state index contributed by atoms with van der Waals surface area (Å²) in [5.41, 5.74) is 2.05. The van der Waals surface area contributed by atoms with Crippen molar-refractivity contribution >= 4 is 17.7 Å². The van der Waals surface area contributed by atoms with Gasteiger partial charge in [-0.3, -0.25) is 4.79 Å². The van der Waals surface area contributed by atoms with E-state index in [-0.39, 0.29) is 5.91 Å².